The summed E-state index contributed by atoms with van der Waals surface area (Å²) < 4.78 is 77.9. The number of carbonyl (C=O) groups is 3. The number of methoxy groups -OCH3 is 1. The fraction of sp³-hybridized carbons (Fsp3) is 0.404. The van der Waals surface area contributed by atoms with Crippen molar-refractivity contribution in [2.75, 3.05) is 63.3 Å². The molecule has 1 aromatic heterocycles. The molecule has 4 unspecified atom stereocenters. The standard InChI is InChI=1S/C52H55Cl2F4N7O6S/c1-51(2,3)26-41-52(29-59,34-15-13-31(53)25-37(34)56)43(33-10-9-11-35(54)44(33)57)46(64-41)49(68)62-38-17-12-30(24-40(38)69-4)48(67)61-19-8-6-5-7-18-60-42(66)27-71-47-32(14-16-36(55)45(47)58)39-28-72-50(63-39)65-20-22-70-23-21-65/h9-17,24-25,28,41,43,46,64H,5-8,18-23,26-27H2,1-4H3,(H,60,66)(H,61,67)(H,62,68). The molecular formula is C52H55Cl2F4N7O6S. The van der Waals surface area contributed by atoms with Gasteiger partial charge in [0.1, 0.15) is 22.8 Å². The lowest BCUT2D eigenvalue weighted by Gasteiger charge is -2.37. The number of unbranched alkanes of at least 4 members (excludes halogenated alkanes) is 3. The first-order valence-electron chi connectivity index (χ1n) is 23.5. The van der Waals surface area contributed by atoms with Gasteiger partial charge in [0.2, 0.25) is 11.7 Å². The second-order valence-corrected chi connectivity index (χ2v) is 20.4. The maximum atomic E-state index is 16.1. The highest BCUT2D eigenvalue weighted by Gasteiger charge is 2.61. The molecule has 0 saturated carbocycles. The van der Waals surface area contributed by atoms with Gasteiger partial charge in [-0.3, -0.25) is 14.4 Å². The van der Waals surface area contributed by atoms with Crippen LogP contribution in [0.25, 0.3) is 11.3 Å². The maximum Gasteiger partial charge on any atom is 0.257 e. The normalized spacial score (nSPS) is 18.8. The Labute approximate surface area is 429 Å². The number of aromatic nitrogens is 1. The largest absolute Gasteiger partial charge is 0.495 e. The quantitative estimate of drug-likeness (QED) is 0.0462. The molecule has 0 radical (unpaired) electrons. The summed E-state index contributed by atoms with van der Waals surface area (Å²) in [5.41, 5.74) is -1.32. The van der Waals surface area contributed by atoms with Gasteiger partial charge in [0, 0.05) is 65.2 Å². The number of halogens is 6. The minimum absolute atomic E-state index is 0.0564. The van der Waals surface area contributed by atoms with Gasteiger partial charge in [-0.2, -0.15) is 9.65 Å². The van der Waals surface area contributed by atoms with Gasteiger partial charge >= 0.3 is 0 Å². The third-order valence-electron chi connectivity index (χ3n) is 12.6. The lowest BCUT2D eigenvalue weighted by Crippen LogP contribution is -2.45. The van der Waals surface area contributed by atoms with Crippen molar-refractivity contribution in [3.8, 4) is 28.8 Å². The molecule has 4 atom stereocenters. The Morgan fingerprint density at radius 3 is 2.38 bits per heavy atom. The number of ether oxygens (including phenoxy) is 3. The second-order valence-electron chi connectivity index (χ2n) is 18.8. The van der Waals surface area contributed by atoms with Gasteiger partial charge in [-0.05, 0) is 78.8 Å². The van der Waals surface area contributed by atoms with Crippen molar-refractivity contribution in [3.63, 3.8) is 0 Å². The summed E-state index contributed by atoms with van der Waals surface area (Å²) in [4.78, 5) is 47.0. The molecule has 3 heterocycles. The second kappa shape index (κ2) is 23.7. The topological polar surface area (TPSA) is 167 Å². The Bertz CT molecular complexity index is 2820. The Morgan fingerprint density at radius 2 is 1.68 bits per heavy atom. The number of benzene rings is 4. The summed E-state index contributed by atoms with van der Waals surface area (Å²) in [6.45, 7) is 8.40. The Hall–Kier alpha value is -5.97. The van der Waals surface area contributed by atoms with Crippen LogP contribution < -0.4 is 35.6 Å². The zero-order valence-electron chi connectivity index (χ0n) is 40.1. The third kappa shape index (κ3) is 12.3. The summed E-state index contributed by atoms with van der Waals surface area (Å²) in [5.74, 6) is -7.07. The number of anilines is 2. The van der Waals surface area contributed by atoms with Crippen LogP contribution in [0.4, 0.5) is 28.4 Å². The lowest BCUT2D eigenvalue weighted by atomic mass is 9.62. The minimum atomic E-state index is -1.83. The number of morpholine rings is 1. The Balaban J connectivity index is 0.916. The highest BCUT2D eigenvalue weighted by Crippen LogP contribution is 2.53. The first-order valence-corrected chi connectivity index (χ1v) is 25.1. The number of nitrogens with one attached hydrogen (secondary N) is 4. The van der Waals surface area contributed by atoms with E-state index in [1.54, 1.807) is 5.38 Å². The molecule has 2 saturated heterocycles. The van der Waals surface area contributed by atoms with Gasteiger partial charge in [-0.15, -0.1) is 11.3 Å². The van der Waals surface area contributed by atoms with Crippen LogP contribution in [0.5, 0.6) is 11.5 Å². The van der Waals surface area contributed by atoms with Crippen molar-refractivity contribution in [3.05, 3.63) is 122 Å². The van der Waals surface area contributed by atoms with Crippen LogP contribution in [0.2, 0.25) is 10.0 Å². The number of hydrogen-bond acceptors (Lipinski definition) is 11. The van der Waals surface area contributed by atoms with Crippen LogP contribution >= 0.6 is 34.5 Å². The average Bonchev–Trinajstić information content (AvgIpc) is 3.97. The fourth-order valence-electron chi connectivity index (χ4n) is 9.19. The van der Waals surface area contributed by atoms with Gasteiger partial charge in [0.25, 0.3) is 11.8 Å². The molecule has 382 valence electrons. The zero-order chi connectivity index (χ0) is 51.7. The van der Waals surface area contributed by atoms with Crippen LogP contribution in [0.1, 0.15) is 80.3 Å². The average molecular weight is 1050 g/mol. The molecule has 7 rings (SSSR count). The van der Waals surface area contributed by atoms with Crippen molar-refractivity contribution in [1.82, 2.24) is 20.9 Å². The molecule has 2 aliphatic rings. The van der Waals surface area contributed by atoms with Crippen LogP contribution in [0.15, 0.2) is 72.1 Å². The van der Waals surface area contributed by atoms with E-state index in [0.717, 1.165) is 30.1 Å². The van der Waals surface area contributed by atoms with Crippen LogP contribution in [0, 0.1) is 40.0 Å². The van der Waals surface area contributed by atoms with Crippen molar-refractivity contribution in [2.24, 2.45) is 5.41 Å². The molecule has 5 aromatic rings. The molecule has 0 spiro atoms. The lowest BCUT2D eigenvalue weighted by molar-refractivity contribution is -0.123. The highest BCUT2D eigenvalue weighted by atomic mass is 35.5. The molecule has 0 bridgehead atoms. The van der Waals surface area contributed by atoms with Gasteiger partial charge < -0.3 is 40.4 Å². The first kappa shape index (κ1) is 53.8. The van der Waals surface area contributed by atoms with E-state index < -0.39 is 82.2 Å². The number of amides is 3. The van der Waals surface area contributed by atoms with E-state index in [2.05, 4.69) is 32.3 Å². The number of carbonyl (C=O) groups excluding carboxylic acids is 3. The van der Waals surface area contributed by atoms with Crippen molar-refractivity contribution in [1.29, 1.82) is 5.26 Å². The summed E-state index contributed by atoms with van der Waals surface area (Å²) in [5, 5.41) is 25.2. The maximum absolute atomic E-state index is 16.1. The molecular weight excluding hydrogens is 998 g/mol. The summed E-state index contributed by atoms with van der Waals surface area (Å²) >= 11 is 13.8. The number of hydrogen-bond donors (Lipinski definition) is 4. The molecule has 0 aliphatic carbocycles. The van der Waals surface area contributed by atoms with E-state index in [1.165, 1.54) is 73.0 Å². The van der Waals surface area contributed by atoms with Crippen LogP contribution in [0.3, 0.4) is 0 Å². The molecule has 13 nitrogen and oxygen atoms in total. The molecule has 20 heteroatoms. The third-order valence-corrected chi connectivity index (χ3v) is 14.0. The minimum Gasteiger partial charge on any atom is -0.495 e. The van der Waals surface area contributed by atoms with Crippen LogP contribution in [-0.2, 0) is 19.7 Å². The van der Waals surface area contributed by atoms with Gasteiger partial charge in [-0.1, -0.05) is 75.0 Å². The van der Waals surface area contributed by atoms with Crippen molar-refractivity contribution >= 4 is 63.1 Å². The smallest absolute Gasteiger partial charge is 0.257 e. The zero-order valence-corrected chi connectivity index (χ0v) is 42.4. The highest BCUT2D eigenvalue weighted by molar-refractivity contribution is 7.14. The van der Waals surface area contributed by atoms with E-state index in [4.69, 9.17) is 37.4 Å². The molecule has 4 N–H and O–H groups in total. The fourth-order valence-corrected chi connectivity index (χ4v) is 10.4. The van der Waals surface area contributed by atoms with Crippen molar-refractivity contribution < 1.29 is 46.2 Å². The molecule has 3 amide bonds. The molecule has 2 aliphatic heterocycles. The SMILES string of the molecule is COc1cc(C(=O)NCCCCCCNC(=O)COc2c(-c3csc(N4CCOCC4)n3)ccc(F)c2F)ccc1NC(=O)C1NC(CC(C)(C)C)C(C#N)(c2ccc(Cl)cc2F)C1c1cccc(Cl)c1F. The predicted molar refractivity (Wildman–Crippen MR) is 269 cm³/mol. The van der Waals surface area contributed by atoms with Crippen LogP contribution in [-0.4, -0.2) is 87.9 Å². The van der Waals surface area contributed by atoms with Crippen molar-refractivity contribution in [2.45, 2.75) is 76.3 Å². The van der Waals surface area contributed by atoms with E-state index >= 15 is 8.78 Å². The van der Waals surface area contributed by atoms with E-state index in [9.17, 15) is 28.4 Å². The first-order chi connectivity index (χ1) is 34.4. The summed E-state index contributed by atoms with van der Waals surface area (Å²) in [7, 11) is 1.37. The van der Waals surface area contributed by atoms with E-state index in [1.807, 2.05) is 25.7 Å². The van der Waals surface area contributed by atoms with Gasteiger partial charge in [0.15, 0.2) is 23.3 Å². The Kier molecular flexibility index (Phi) is 17.7. The van der Waals surface area contributed by atoms with Gasteiger partial charge in [-0.25, -0.2) is 18.2 Å². The number of rotatable bonds is 19. The van der Waals surface area contributed by atoms with E-state index in [-0.39, 0.29) is 50.2 Å². The molecule has 2 fully saturated rings. The monoisotopic (exact) mass is 1050 g/mol. The summed E-state index contributed by atoms with van der Waals surface area (Å²) in [6.07, 6.45) is 2.97. The number of nitriles is 1. The van der Waals surface area contributed by atoms with E-state index in [0.29, 0.717) is 57.9 Å². The molecule has 4 aromatic carbocycles. The predicted octanol–water partition coefficient (Wildman–Crippen LogP) is 9.96. The van der Waals surface area contributed by atoms with Gasteiger partial charge in [0.05, 0.1) is 48.8 Å². The Morgan fingerprint density at radius 1 is 0.944 bits per heavy atom. The number of nitrogens with zero attached hydrogens (tertiary/aromatic N) is 3. The number of thiazole rings is 1. The molecule has 72 heavy (non-hydrogen) atoms. The summed E-state index contributed by atoms with van der Waals surface area (Å²) in [6, 6.07) is 15.2.